The molecule has 1 aliphatic rings. The molecule has 7 nitrogen and oxygen atoms in total. The summed E-state index contributed by atoms with van der Waals surface area (Å²) < 4.78 is 2.18. The molecule has 1 amide bonds. The number of aromatic nitrogens is 3. The Bertz CT molecular complexity index is 1480. The number of carbonyl (C=O) groups is 1. The van der Waals surface area contributed by atoms with E-state index in [0.717, 1.165) is 45.3 Å². The molecule has 4 heterocycles. The number of anilines is 1. The lowest BCUT2D eigenvalue weighted by atomic mass is 9.96. The van der Waals surface area contributed by atoms with Crippen molar-refractivity contribution in [3.8, 4) is 5.82 Å². The smallest absolute Gasteiger partial charge is 0.226 e. The molecule has 1 fully saturated rings. The molecule has 8 heteroatoms. The van der Waals surface area contributed by atoms with Gasteiger partial charge >= 0.3 is 0 Å². The summed E-state index contributed by atoms with van der Waals surface area (Å²) in [5.74, 6) is 0.839. The number of amides is 1. The molecule has 1 aliphatic heterocycles. The van der Waals surface area contributed by atoms with Crippen molar-refractivity contribution in [1.29, 1.82) is 0 Å². The standard InChI is InChI=1S/C30H32N6OS/c1-19-8-7-9-23(16-19)33-27(37)12-15-35-29(28(34-30(35)38)25-10-5-6-13-31-25)24-18-21(3)36(22(24)4)26-17-20(2)11-14-32-26/h5-11,13-14,16-18,28-29H,12,15H2,1-4H3,(H,33,37)(H,34,38). The van der Waals surface area contributed by atoms with Crippen molar-refractivity contribution in [3.63, 3.8) is 0 Å². The Hall–Kier alpha value is -4.04. The van der Waals surface area contributed by atoms with Crippen molar-refractivity contribution in [3.05, 3.63) is 107 Å². The second-order valence-corrected chi connectivity index (χ2v) is 10.2. The van der Waals surface area contributed by atoms with Gasteiger partial charge in [0.05, 0.1) is 17.8 Å². The molecule has 4 aromatic rings. The fourth-order valence-electron chi connectivity index (χ4n) is 5.24. The van der Waals surface area contributed by atoms with Gasteiger partial charge in [-0.2, -0.15) is 0 Å². The molecule has 5 rings (SSSR count). The fraction of sp³-hybridized carbons (Fsp3) is 0.267. The molecule has 0 bridgehead atoms. The molecule has 0 saturated carbocycles. The zero-order chi connectivity index (χ0) is 26.8. The van der Waals surface area contributed by atoms with Crippen LogP contribution in [0.25, 0.3) is 5.82 Å². The van der Waals surface area contributed by atoms with Crippen molar-refractivity contribution >= 4 is 28.9 Å². The summed E-state index contributed by atoms with van der Waals surface area (Å²) in [6.07, 6.45) is 3.94. The number of thiocarbonyl (C=S) groups is 1. The van der Waals surface area contributed by atoms with Gasteiger partial charge in [0.2, 0.25) is 5.91 Å². The molecule has 2 unspecified atom stereocenters. The number of rotatable bonds is 7. The van der Waals surface area contributed by atoms with Crippen LogP contribution in [0, 0.1) is 27.7 Å². The Kier molecular flexibility index (Phi) is 7.24. The Balaban J connectivity index is 1.47. The second-order valence-electron chi connectivity index (χ2n) is 9.84. The number of hydrogen-bond donors (Lipinski definition) is 2. The highest BCUT2D eigenvalue weighted by atomic mass is 32.1. The van der Waals surface area contributed by atoms with Crippen LogP contribution in [0.2, 0.25) is 0 Å². The lowest BCUT2D eigenvalue weighted by molar-refractivity contribution is -0.116. The van der Waals surface area contributed by atoms with Gasteiger partial charge < -0.3 is 20.1 Å². The van der Waals surface area contributed by atoms with E-state index < -0.39 is 0 Å². The highest BCUT2D eigenvalue weighted by Gasteiger charge is 2.41. The molecule has 38 heavy (non-hydrogen) atoms. The molecule has 0 spiro atoms. The first kappa shape index (κ1) is 25.6. The van der Waals surface area contributed by atoms with E-state index in [4.69, 9.17) is 12.2 Å². The van der Waals surface area contributed by atoms with E-state index in [1.54, 1.807) is 6.20 Å². The maximum Gasteiger partial charge on any atom is 0.226 e. The van der Waals surface area contributed by atoms with Crippen LogP contribution in [-0.4, -0.2) is 37.0 Å². The summed E-state index contributed by atoms with van der Waals surface area (Å²) >= 11 is 5.82. The molecular weight excluding hydrogens is 492 g/mol. The Morgan fingerprint density at radius 1 is 0.974 bits per heavy atom. The number of nitrogens with one attached hydrogen (secondary N) is 2. The Morgan fingerprint density at radius 3 is 2.53 bits per heavy atom. The summed E-state index contributed by atoms with van der Waals surface area (Å²) in [5, 5.41) is 7.13. The first-order valence-electron chi connectivity index (χ1n) is 12.8. The number of benzene rings is 1. The normalized spacial score (nSPS) is 16.9. The average molecular weight is 525 g/mol. The van der Waals surface area contributed by atoms with Crippen molar-refractivity contribution in [2.24, 2.45) is 0 Å². The molecular formula is C30H32N6OS. The van der Waals surface area contributed by atoms with Crippen LogP contribution >= 0.6 is 12.2 Å². The van der Waals surface area contributed by atoms with Crippen LogP contribution in [0.4, 0.5) is 5.69 Å². The third-order valence-corrected chi connectivity index (χ3v) is 7.35. The first-order valence-corrected chi connectivity index (χ1v) is 13.2. The van der Waals surface area contributed by atoms with E-state index in [0.29, 0.717) is 18.1 Å². The van der Waals surface area contributed by atoms with E-state index in [9.17, 15) is 4.79 Å². The summed E-state index contributed by atoms with van der Waals surface area (Å²) in [7, 11) is 0. The number of aryl methyl sites for hydroxylation is 3. The zero-order valence-electron chi connectivity index (χ0n) is 22.1. The van der Waals surface area contributed by atoms with E-state index >= 15 is 0 Å². The topological polar surface area (TPSA) is 75.1 Å². The van der Waals surface area contributed by atoms with E-state index in [1.807, 2.05) is 61.7 Å². The molecule has 1 aromatic carbocycles. The number of hydrogen-bond acceptors (Lipinski definition) is 4. The minimum Gasteiger partial charge on any atom is -0.352 e. The summed E-state index contributed by atoms with van der Waals surface area (Å²) in [6, 6.07) is 19.7. The van der Waals surface area contributed by atoms with Gasteiger partial charge in [-0.05, 0) is 99.1 Å². The van der Waals surface area contributed by atoms with Gasteiger partial charge in [-0.25, -0.2) is 4.98 Å². The third-order valence-electron chi connectivity index (χ3n) is 7.00. The molecule has 0 aliphatic carbocycles. The van der Waals surface area contributed by atoms with Gasteiger partial charge in [0.25, 0.3) is 0 Å². The van der Waals surface area contributed by atoms with Gasteiger partial charge in [-0.15, -0.1) is 0 Å². The molecule has 2 atom stereocenters. The van der Waals surface area contributed by atoms with E-state index in [1.165, 1.54) is 0 Å². The molecule has 0 radical (unpaired) electrons. The summed E-state index contributed by atoms with van der Waals surface area (Å²) in [6.45, 7) is 8.77. The molecule has 194 valence electrons. The highest BCUT2D eigenvalue weighted by molar-refractivity contribution is 7.80. The third kappa shape index (κ3) is 5.17. The van der Waals surface area contributed by atoms with Gasteiger partial charge in [0.1, 0.15) is 5.82 Å². The van der Waals surface area contributed by atoms with Crippen molar-refractivity contribution in [2.75, 3.05) is 11.9 Å². The largest absolute Gasteiger partial charge is 0.352 e. The van der Waals surface area contributed by atoms with Crippen LogP contribution in [-0.2, 0) is 4.79 Å². The zero-order valence-corrected chi connectivity index (χ0v) is 22.9. The number of nitrogens with zero attached hydrogens (tertiary/aromatic N) is 4. The van der Waals surface area contributed by atoms with Gasteiger partial charge in [-0.3, -0.25) is 9.78 Å². The lowest BCUT2D eigenvalue weighted by Crippen LogP contribution is -2.32. The van der Waals surface area contributed by atoms with Gasteiger partial charge in [0.15, 0.2) is 5.11 Å². The monoisotopic (exact) mass is 524 g/mol. The summed E-state index contributed by atoms with van der Waals surface area (Å²) in [4.78, 5) is 24.3. The molecule has 3 aromatic heterocycles. The van der Waals surface area contributed by atoms with Crippen LogP contribution in [0.3, 0.4) is 0 Å². The van der Waals surface area contributed by atoms with Gasteiger partial charge in [0, 0.05) is 42.4 Å². The predicted octanol–water partition coefficient (Wildman–Crippen LogP) is 5.50. The lowest BCUT2D eigenvalue weighted by Gasteiger charge is -2.28. The van der Waals surface area contributed by atoms with E-state index in [-0.39, 0.29) is 18.0 Å². The van der Waals surface area contributed by atoms with E-state index in [2.05, 4.69) is 63.0 Å². The van der Waals surface area contributed by atoms with Crippen LogP contribution in [0.1, 0.15) is 52.3 Å². The Labute approximate surface area is 228 Å². The van der Waals surface area contributed by atoms with Crippen molar-refractivity contribution < 1.29 is 4.79 Å². The van der Waals surface area contributed by atoms with Gasteiger partial charge in [-0.1, -0.05) is 18.2 Å². The summed E-state index contributed by atoms with van der Waals surface area (Å²) in [5.41, 5.74) is 7.27. The predicted molar refractivity (Wildman–Crippen MR) is 154 cm³/mol. The van der Waals surface area contributed by atoms with Crippen molar-refractivity contribution in [1.82, 2.24) is 24.8 Å². The van der Waals surface area contributed by atoms with Crippen LogP contribution in [0.5, 0.6) is 0 Å². The Morgan fingerprint density at radius 2 is 1.79 bits per heavy atom. The maximum atomic E-state index is 12.9. The van der Waals surface area contributed by atoms with Crippen molar-refractivity contribution in [2.45, 2.75) is 46.2 Å². The minimum absolute atomic E-state index is 0.0483. The van der Waals surface area contributed by atoms with Crippen LogP contribution in [0.15, 0.2) is 73.1 Å². The number of pyridine rings is 2. The average Bonchev–Trinajstić information content (AvgIpc) is 3.37. The fourth-order valence-corrected chi connectivity index (χ4v) is 5.57. The van der Waals surface area contributed by atoms with Crippen LogP contribution < -0.4 is 10.6 Å². The number of carbonyl (C=O) groups excluding carboxylic acids is 1. The SMILES string of the molecule is Cc1cccc(NC(=O)CCN2C(=S)NC(c3ccccn3)C2c2cc(C)n(-c3cc(C)ccn3)c2C)c1. The second kappa shape index (κ2) is 10.8. The minimum atomic E-state index is -0.150. The highest BCUT2D eigenvalue weighted by Crippen LogP contribution is 2.41. The quantitative estimate of drug-likeness (QED) is 0.311. The molecule has 1 saturated heterocycles. The molecule has 2 N–H and O–H groups in total. The maximum absolute atomic E-state index is 12.9. The first-order chi connectivity index (χ1) is 18.3.